The van der Waals surface area contributed by atoms with Crippen LogP contribution in [0.25, 0.3) is 0 Å². The van der Waals surface area contributed by atoms with Crippen LogP contribution in [0, 0.1) is 10.8 Å². The lowest BCUT2D eigenvalue weighted by molar-refractivity contribution is -0.154. The van der Waals surface area contributed by atoms with Crippen LogP contribution in [0.1, 0.15) is 54.4 Å². The number of rotatable bonds is 7. The topological polar surface area (TPSA) is 55.8 Å². The number of methoxy groups -OCH3 is 1. The van der Waals surface area contributed by atoms with E-state index in [0.717, 1.165) is 19.4 Å². The molecule has 132 valence electrons. The van der Waals surface area contributed by atoms with Gasteiger partial charge >= 0.3 is 11.9 Å². The zero-order valence-electron chi connectivity index (χ0n) is 15.9. The third-order valence-electron chi connectivity index (χ3n) is 3.83. The average molecular weight is 317 g/mol. The van der Waals surface area contributed by atoms with Gasteiger partial charge in [0.2, 0.25) is 0 Å². The van der Waals surface area contributed by atoms with Crippen molar-refractivity contribution in [2.75, 3.05) is 34.4 Å². The summed E-state index contributed by atoms with van der Waals surface area (Å²) in [4.78, 5) is 24.3. The third kappa shape index (κ3) is 9.77. The number of esters is 2. The van der Waals surface area contributed by atoms with Gasteiger partial charge in [-0.05, 0) is 54.6 Å². The minimum absolute atomic E-state index is 0.100. The zero-order valence-corrected chi connectivity index (χ0v) is 15.9. The van der Waals surface area contributed by atoms with E-state index in [0.29, 0.717) is 6.61 Å². The van der Waals surface area contributed by atoms with Crippen molar-refractivity contribution in [2.24, 2.45) is 10.8 Å². The Balaban J connectivity index is 0. The van der Waals surface area contributed by atoms with Crippen LogP contribution in [0.3, 0.4) is 0 Å². The highest BCUT2D eigenvalue weighted by atomic mass is 16.5. The number of hydrogen-bond donors (Lipinski definition) is 0. The molecule has 0 aliphatic rings. The molecule has 0 rings (SSSR count). The fourth-order valence-electron chi connectivity index (χ4n) is 1.08. The fraction of sp³-hybridized carbons (Fsp3) is 0.882. The maximum atomic E-state index is 11.4. The lowest BCUT2D eigenvalue weighted by atomic mass is 9.91. The Bertz CT molecular complexity index is 336. The molecule has 0 aromatic rings. The molecule has 0 aromatic heterocycles. The molecule has 0 aromatic carbocycles. The monoisotopic (exact) mass is 317 g/mol. The molecule has 0 unspecified atom stereocenters. The van der Waals surface area contributed by atoms with Gasteiger partial charge in [0.25, 0.3) is 0 Å². The molecular weight excluding hydrogens is 282 g/mol. The van der Waals surface area contributed by atoms with E-state index >= 15 is 0 Å². The van der Waals surface area contributed by atoms with Gasteiger partial charge in [-0.1, -0.05) is 13.8 Å². The SMILES string of the molecule is CCC(C)(C)C(=O)OC.CCC(C)(C)C(=O)OCCN(C)C. The van der Waals surface area contributed by atoms with Crippen LogP contribution in [0.2, 0.25) is 0 Å². The second kappa shape index (κ2) is 10.6. The molecule has 0 saturated heterocycles. The van der Waals surface area contributed by atoms with E-state index in [1.807, 2.05) is 60.5 Å². The second-order valence-corrected chi connectivity index (χ2v) is 6.91. The largest absolute Gasteiger partial charge is 0.469 e. The van der Waals surface area contributed by atoms with E-state index < -0.39 is 0 Å². The fourth-order valence-corrected chi connectivity index (χ4v) is 1.08. The molecule has 0 saturated carbocycles. The summed E-state index contributed by atoms with van der Waals surface area (Å²) >= 11 is 0. The standard InChI is InChI=1S/C10H21NO2.C7H14O2/c1-6-10(2,3)9(12)13-8-7-11(4)5;1-5-7(2,3)6(8)9-4/h6-8H2,1-5H3;5H2,1-4H3. The molecule has 0 radical (unpaired) electrons. The van der Waals surface area contributed by atoms with Crippen molar-refractivity contribution in [1.82, 2.24) is 4.90 Å². The van der Waals surface area contributed by atoms with Crippen LogP contribution in [0.5, 0.6) is 0 Å². The Kier molecular flexibility index (Phi) is 11.2. The smallest absolute Gasteiger partial charge is 0.311 e. The van der Waals surface area contributed by atoms with Gasteiger partial charge < -0.3 is 14.4 Å². The van der Waals surface area contributed by atoms with Crippen molar-refractivity contribution in [1.29, 1.82) is 0 Å². The molecule has 0 fully saturated rings. The predicted octanol–water partition coefficient (Wildman–Crippen LogP) is 3.12. The van der Waals surface area contributed by atoms with E-state index in [9.17, 15) is 9.59 Å². The summed E-state index contributed by atoms with van der Waals surface area (Å²) in [7, 11) is 5.33. The molecule has 0 heterocycles. The number of likely N-dealkylation sites (N-methyl/N-ethyl adjacent to an activating group) is 1. The first-order valence-corrected chi connectivity index (χ1v) is 7.85. The number of carbonyl (C=O) groups is 2. The Morgan fingerprint density at radius 2 is 1.32 bits per heavy atom. The normalized spacial score (nSPS) is 11.5. The number of carbonyl (C=O) groups excluding carboxylic acids is 2. The Morgan fingerprint density at radius 3 is 1.59 bits per heavy atom. The molecule has 5 heteroatoms. The van der Waals surface area contributed by atoms with Gasteiger partial charge in [0.05, 0.1) is 17.9 Å². The molecule has 0 bridgehead atoms. The van der Waals surface area contributed by atoms with Crippen LogP contribution in [-0.4, -0.2) is 51.2 Å². The minimum Gasteiger partial charge on any atom is -0.469 e. The highest BCUT2D eigenvalue weighted by Gasteiger charge is 2.27. The molecule has 22 heavy (non-hydrogen) atoms. The summed E-state index contributed by atoms with van der Waals surface area (Å²) in [5.41, 5.74) is -0.652. The maximum absolute atomic E-state index is 11.4. The summed E-state index contributed by atoms with van der Waals surface area (Å²) < 4.78 is 9.69. The molecular formula is C17H35NO4. The molecule has 5 nitrogen and oxygen atoms in total. The summed E-state index contributed by atoms with van der Waals surface area (Å²) in [5, 5.41) is 0. The Hall–Kier alpha value is -1.10. The number of nitrogens with zero attached hydrogens (tertiary/aromatic N) is 1. The summed E-state index contributed by atoms with van der Waals surface area (Å²) in [6, 6.07) is 0. The second-order valence-electron chi connectivity index (χ2n) is 6.91. The van der Waals surface area contributed by atoms with Gasteiger partial charge in [-0.3, -0.25) is 9.59 Å². The van der Waals surface area contributed by atoms with Crippen molar-refractivity contribution in [2.45, 2.75) is 54.4 Å². The van der Waals surface area contributed by atoms with Crippen LogP contribution in [0.4, 0.5) is 0 Å². The molecule has 0 spiro atoms. The van der Waals surface area contributed by atoms with Crippen molar-refractivity contribution >= 4 is 11.9 Å². The van der Waals surface area contributed by atoms with E-state index in [1.165, 1.54) is 7.11 Å². The van der Waals surface area contributed by atoms with Gasteiger partial charge in [0.15, 0.2) is 0 Å². The van der Waals surface area contributed by atoms with Crippen LogP contribution in [0.15, 0.2) is 0 Å². The van der Waals surface area contributed by atoms with Gasteiger partial charge in [0, 0.05) is 6.54 Å². The lowest BCUT2D eigenvalue weighted by Crippen LogP contribution is -2.28. The van der Waals surface area contributed by atoms with Gasteiger partial charge in [0.1, 0.15) is 6.61 Å². The first kappa shape index (κ1) is 23.2. The summed E-state index contributed by atoms with van der Waals surface area (Å²) in [6.07, 6.45) is 1.63. The number of hydrogen-bond acceptors (Lipinski definition) is 5. The lowest BCUT2D eigenvalue weighted by Gasteiger charge is -2.20. The molecule has 0 aliphatic carbocycles. The molecule has 0 aliphatic heterocycles. The highest BCUT2D eigenvalue weighted by Crippen LogP contribution is 2.21. The van der Waals surface area contributed by atoms with Crippen molar-refractivity contribution < 1.29 is 19.1 Å². The maximum Gasteiger partial charge on any atom is 0.311 e. The van der Waals surface area contributed by atoms with E-state index in [2.05, 4.69) is 4.74 Å². The molecule has 0 atom stereocenters. The Labute approximate surface area is 136 Å². The molecule has 0 N–H and O–H groups in total. The van der Waals surface area contributed by atoms with Gasteiger partial charge in [-0.15, -0.1) is 0 Å². The van der Waals surface area contributed by atoms with E-state index in [1.54, 1.807) is 0 Å². The van der Waals surface area contributed by atoms with Crippen molar-refractivity contribution in [3.8, 4) is 0 Å². The van der Waals surface area contributed by atoms with Gasteiger partial charge in [-0.25, -0.2) is 0 Å². The minimum atomic E-state index is -0.341. The Morgan fingerprint density at radius 1 is 0.909 bits per heavy atom. The zero-order chi connectivity index (χ0) is 18.0. The highest BCUT2D eigenvalue weighted by molar-refractivity contribution is 5.76. The van der Waals surface area contributed by atoms with Crippen molar-refractivity contribution in [3.05, 3.63) is 0 Å². The first-order valence-electron chi connectivity index (χ1n) is 7.85. The quantitative estimate of drug-likeness (QED) is 0.675. The predicted molar refractivity (Wildman–Crippen MR) is 89.7 cm³/mol. The molecule has 0 amide bonds. The van der Waals surface area contributed by atoms with Crippen LogP contribution in [-0.2, 0) is 19.1 Å². The van der Waals surface area contributed by atoms with E-state index in [4.69, 9.17) is 4.74 Å². The van der Waals surface area contributed by atoms with Crippen molar-refractivity contribution in [3.63, 3.8) is 0 Å². The number of ether oxygens (including phenoxy) is 2. The first-order chi connectivity index (χ1) is 9.94. The summed E-state index contributed by atoms with van der Waals surface area (Å²) in [6.45, 7) is 12.8. The van der Waals surface area contributed by atoms with Crippen LogP contribution < -0.4 is 0 Å². The van der Waals surface area contributed by atoms with E-state index in [-0.39, 0.29) is 22.8 Å². The summed E-state index contributed by atoms with van der Waals surface area (Å²) in [5.74, 6) is -0.234. The van der Waals surface area contributed by atoms with Crippen LogP contribution >= 0.6 is 0 Å². The van der Waals surface area contributed by atoms with Gasteiger partial charge in [-0.2, -0.15) is 0 Å². The third-order valence-corrected chi connectivity index (χ3v) is 3.83. The average Bonchev–Trinajstić information content (AvgIpc) is 2.46.